The molecule has 1 aliphatic heterocycles. The lowest BCUT2D eigenvalue weighted by Crippen LogP contribution is -2.10. The zero-order chi connectivity index (χ0) is 21.1. The van der Waals surface area contributed by atoms with Crippen molar-refractivity contribution < 1.29 is 23.5 Å². The second-order valence-electron chi connectivity index (χ2n) is 6.28. The van der Waals surface area contributed by atoms with Crippen LogP contribution in [0.2, 0.25) is 5.02 Å². The van der Waals surface area contributed by atoms with Crippen molar-refractivity contribution in [3.63, 3.8) is 0 Å². The molecule has 0 atom stereocenters. The van der Waals surface area contributed by atoms with Gasteiger partial charge in [0.15, 0.2) is 5.70 Å². The van der Waals surface area contributed by atoms with Crippen LogP contribution in [0, 0.1) is 5.82 Å². The van der Waals surface area contributed by atoms with Crippen LogP contribution in [0.4, 0.5) is 4.39 Å². The Labute approximate surface area is 176 Å². The smallest absolute Gasteiger partial charge is 0.363 e. The van der Waals surface area contributed by atoms with Crippen molar-refractivity contribution in [2.45, 2.75) is 0 Å². The summed E-state index contributed by atoms with van der Waals surface area (Å²) < 4.78 is 24.2. The monoisotopic (exact) mass is 421 g/mol. The average Bonchev–Trinajstić information content (AvgIpc) is 3.09. The maximum atomic E-state index is 13.8. The number of hydrogen-bond acceptors (Lipinski definition) is 5. The Balaban J connectivity index is 1.56. The standard InChI is InChI=1S/C23H13ClFNO4/c24-16-10-8-15(9-11-16)21-26-20(23(28)30-21)13-14-4-3-5-17(12-14)29-22(27)18-6-1-2-7-19(18)25/h1-13H. The van der Waals surface area contributed by atoms with Crippen LogP contribution in [-0.2, 0) is 9.53 Å². The number of halogens is 2. The summed E-state index contributed by atoms with van der Waals surface area (Å²) in [7, 11) is 0. The maximum Gasteiger partial charge on any atom is 0.363 e. The van der Waals surface area contributed by atoms with Gasteiger partial charge in [0, 0.05) is 10.6 Å². The number of aliphatic imine (C=N–C) groups is 1. The molecule has 1 aliphatic rings. The van der Waals surface area contributed by atoms with Crippen LogP contribution in [0.15, 0.2) is 83.5 Å². The summed E-state index contributed by atoms with van der Waals surface area (Å²) in [5.74, 6) is -1.72. The third-order valence-corrected chi connectivity index (χ3v) is 4.43. The van der Waals surface area contributed by atoms with Gasteiger partial charge in [-0.1, -0.05) is 35.9 Å². The van der Waals surface area contributed by atoms with Crippen molar-refractivity contribution in [2.75, 3.05) is 0 Å². The number of nitrogens with zero attached hydrogens (tertiary/aromatic N) is 1. The molecule has 0 unspecified atom stereocenters. The maximum absolute atomic E-state index is 13.8. The van der Waals surface area contributed by atoms with Crippen molar-refractivity contribution in [1.29, 1.82) is 0 Å². The summed E-state index contributed by atoms with van der Waals surface area (Å²) in [5.41, 5.74) is 1.10. The summed E-state index contributed by atoms with van der Waals surface area (Å²) in [6, 6.07) is 18.7. The van der Waals surface area contributed by atoms with E-state index in [-0.39, 0.29) is 22.9 Å². The van der Waals surface area contributed by atoms with Gasteiger partial charge < -0.3 is 9.47 Å². The fourth-order valence-electron chi connectivity index (χ4n) is 2.74. The molecule has 0 bridgehead atoms. The Hall–Kier alpha value is -3.77. The van der Waals surface area contributed by atoms with E-state index in [2.05, 4.69) is 4.99 Å². The van der Waals surface area contributed by atoms with Gasteiger partial charge in [0.05, 0.1) is 5.56 Å². The van der Waals surface area contributed by atoms with Gasteiger partial charge in [-0.3, -0.25) is 0 Å². The van der Waals surface area contributed by atoms with Crippen LogP contribution in [-0.4, -0.2) is 17.8 Å². The SMILES string of the molecule is O=C1OC(c2ccc(Cl)cc2)=NC1=Cc1cccc(OC(=O)c2ccccc2F)c1. The van der Waals surface area contributed by atoms with E-state index in [9.17, 15) is 14.0 Å². The molecular formula is C23H13ClFNO4. The minimum absolute atomic E-state index is 0.0949. The highest BCUT2D eigenvalue weighted by Crippen LogP contribution is 2.23. The Morgan fingerprint density at radius 3 is 2.57 bits per heavy atom. The van der Waals surface area contributed by atoms with E-state index in [1.807, 2.05) is 0 Å². The molecular weight excluding hydrogens is 409 g/mol. The summed E-state index contributed by atoms with van der Waals surface area (Å²) in [6.45, 7) is 0. The summed E-state index contributed by atoms with van der Waals surface area (Å²) >= 11 is 5.87. The summed E-state index contributed by atoms with van der Waals surface area (Å²) in [6.07, 6.45) is 1.51. The van der Waals surface area contributed by atoms with E-state index in [4.69, 9.17) is 21.1 Å². The van der Waals surface area contributed by atoms with Crippen molar-refractivity contribution in [3.05, 3.63) is 106 Å². The van der Waals surface area contributed by atoms with E-state index in [0.717, 1.165) is 0 Å². The predicted molar refractivity (Wildman–Crippen MR) is 110 cm³/mol. The molecule has 5 nitrogen and oxygen atoms in total. The zero-order valence-electron chi connectivity index (χ0n) is 15.3. The van der Waals surface area contributed by atoms with E-state index in [0.29, 0.717) is 16.1 Å². The third kappa shape index (κ3) is 4.29. The topological polar surface area (TPSA) is 65.0 Å². The summed E-state index contributed by atoms with van der Waals surface area (Å²) in [4.78, 5) is 28.6. The highest BCUT2D eigenvalue weighted by molar-refractivity contribution is 6.30. The normalized spacial score (nSPS) is 14.4. The molecule has 0 aromatic heterocycles. The first-order chi connectivity index (χ1) is 14.5. The number of benzene rings is 3. The molecule has 4 rings (SSSR count). The van der Waals surface area contributed by atoms with E-state index < -0.39 is 17.8 Å². The zero-order valence-corrected chi connectivity index (χ0v) is 16.1. The van der Waals surface area contributed by atoms with Gasteiger partial charge in [0.1, 0.15) is 11.6 Å². The molecule has 0 saturated carbocycles. The van der Waals surface area contributed by atoms with Gasteiger partial charge in [-0.05, 0) is 60.2 Å². The minimum Gasteiger partial charge on any atom is -0.423 e. The van der Waals surface area contributed by atoms with Gasteiger partial charge in [0.2, 0.25) is 5.90 Å². The number of rotatable bonds is 4. The van der Waals surface area contributed by atoms with Crippen LogP contribution in [0.25, 0.3) is 6.08 Å². The molecule has 3 aromatic rings. The van der Waals surface area contributed by atoms with Crippen LogP contribution >= 0.6 is 11.6 Å². The number of ether oxygens (including phenoxy) is 2. The molecule has 0 radical (unpaired) electrons. The second-order valence-corrected chi connectivity index (χ2v) is 6.72. The average molecular weight is 422 g/mol. The first kappa shape index (κ1) is 19.5. The van der Waals surface area contributed by atoms with Crippen LogP contribution < -0.4 is 4.74 Å². The fourth-order valence-corrected chi connectivity index (χ4v) is 2.87. The van der Waals surface area contributed by atoms with Crippen molar-refractivity contribution in [3.8, 4) is 5.75 Å². The van der Waals surface area contributed by atoms with E-state index >= 15 is 0 Å². The molecule has 0 spiro atoms. The number of cyclic esters (lactones) is 1. The van der Waals surface area contributed by atoms with Crippen molar-refractivity contribution >= 4 is 35.5 Å². The molecule has 0 N–H and O–H groups in total. The Kier molecular flexibility index (Phi) is 5.41. The molecule has 3 aromatic carbocycles. The quantitative estimate of drug-likeness (QED) is 0.336. The Morgan fingerprint density at radius 1 is 1.03 bits per heavy atom. The van der Waals surface area contributed by atoms with E-state index in [1.54, 1.807) is 48.5 Å². The van der Waals surface area contributed by atoms with Gasteiger partial charge in [-0.25, -0.2) is 19.0 Å². The molecule has 1 heterocycles. The Bertz CT molecular complexity index is 1200. The number of hydrogen-bond donors (Lipinski definition) is 0. The number of carbonyl (C=O) groups excluding carboxylic acids is 2. The molecule has 0 amide bonds. The van der Waals surface area contributed by atoms with E-state index in [1.165, 1.54) is 30.3 Å². The highest BCUT2D eigenvalue weighted by Gasteiger charge is 2.24. The number of esters is 2. The van der Waals surface area contributed by atoms with Crippen LogP contribution in [0.1, 0.15) is 21.5 Å². The van der Waals surface area contributed by atoms with Gasteiger partial charge in [-0.15, -0.1) is 0 Å². The first-order valence-corrected chi connectivity index (χ1v) is 9.23. The molecule has 0 fully saturated rings. The third-order valence-electron chi connectivity index (χ3n) is 4.18. The molecule has 148 valence electrons. The van der Waals surface area contributed by atoms with Crippen LogP contribution in [0.5, 0.6) is 5.75 Å². The van der Waals surface area contributed by atoms with Crippen molar-refractivity contribution in [1.82, 2.24) is 0 Å². The first-order valence-electron chi connectivity index (χ1n) is 8.85. The molecule has 0 saturated heterocycles. The molecule has 0 aliphatic carbocycles. The lowest BCUT2D eigenvalue weighted by molar-refractivity contribution is -0.129. The van der Waals surface area contributed by atoms with Crippen LogP contribution in [0.3, 0.4) is 0 Å². The number of carbonyl (C=O) groups is 2. The van der Waals surface area contributed by atoms with Gasteiger partial charge in [-0.2, -0.15) is 0 Å². The molecule has 7 heteroatoms. The highest BCUT2D eigenvalue weighted by atomic mass is 35.5. The lowest BCUT2D eigenvalue weighted by Gasteiger charge is -2.06. The van der Waals surface area contributed by atoms with Gasteiger partial charge >= 0.3 is 11.9 Å². The minimum atomic E-state index is -0.818. The lowest BCUT2D eigenvalue weighted by atomic mass is 10.2. The molecule has 30 heavy (non-hydrogen) atoms. The Morgan fingerprint density at radius 2 is 1.80 bits per heavy atom. The van der Waals surface area contributed by atoms with Crippen molar-refractivity contribution in [2.24, 2.45) is 4.99 Å². The summed E-state index contributed by atoms with van der Waals surface area (Å²) in [5, 5.41) is 0.557. The largest absolute Gasteiger partial charge is 0.423 e. The fraction of sp³-hybridized carbons (Fsp3) is 0. The second kappa shape index (κ2) is 8.31. The predicted octanol–water partition coefficient (Wildman–Crippen LogP) is 5.04. The van der Waals surface area contributed by atoms with Gasteiger partial charge in [0.25, 0.3) is 0 Å².